The number of nitrogens with zero attached hydrogens (tertiary/aromatic N) is 2. The van der Waals surface area contributed by atoms with E-state index in [1.165, 1.54) is 12.1 Å². The Labute approximate surface area is 205 Å². The molecule has 1 saturated carbocycles. The van der Waals surface area contributed by atoms with Crippen molar-refractivity contribution in [2.24, 2.45) is 0 Å². The van der Waals surface area contributed by atoms with Crippen LogP contribution in [0.15, 0.2) is 30.3 Å². The molecule has 0 spiro atoms. The molecule has 0 radical (unpaired) electrons. The quantitative estimate of drug-likeness (QED) is 0.382. The minimum absolute atomic E-state index is 0.0508. The van der Waals surface area contributed by atoms with Gasteiger partial charge in [0.25, 0.3) is 5.91 Å². The Hall–Kier alpha value is -2.58. The summed E-state index contributed by atoms with van der Waals surface area (Å²) in [5, 5.41) is 7.40. The molecular weight excluding hydrogens is 488 g/mol. The minimum Gasteiger partial charge on any atom is -0.382 e. The molecule has 1 fully saturated rings. The van der Waals surface area contributed by atoms with Crippen LogP contribution < -0.4 is 10.6 Å². The van der Waals surface area contributed by atoms with Crippen LogP contribution in [0, 0.1) is 13.8 Å². The molecule has 1 aromatic carbocycles. The first-order valence-electron chi connectivity index (χ1n) is 10.9. The monoisotopic (exact) mass is 510 g/mol. The van der Waals surface area contributed by atoms with Gasteiger partial charge in [0.2, 0.25) is 0 Å². The second kappa shape index (κ2) is 9.58. The van der Waals surface area contributed by atoms with Crippen molar-refractivity contribution in [1.82, 2.24) is 15.3 Å². The van der Waals surface area contributed by atoms with Gasteiger partial charge in [0.05, 0.1) is 11.1 Å². The number of amides is 1. The zero-order chi connectivity index (χ0) is 24.6. The van der Waals surface area contributed by atoms with E-state index in [-0.39, 0.29) is 28.7 Å². The van der Waals surface area contributed by atoms with Crippen LogP contribution in [0.5, 0.6) is 0 Å². The summed E-state index contributed by atoms with van der Waals surface area (Å²) >= 11 is 12.3. The fourth-order valence-electron chi connectivity index (χ4n) is 4.39. The molecule has 2 heterocycles. The largest absolute Gasteiger partial charge is 0.433 e. The molecule has 5 nitrogen and oxygen atoms in total. The third kappa shape index (κ3) is 5.39. The molecule has 2 N–H and O–H groups in total. The molecule has 4 rings (SSSR count). The van der Waals surface area contributed by atoms with E-state index in [1.807, 2.05) is 19.9 Å². The Morgan fingerprint density at radius 2 is 1.68 bits per heavy atom. The van der Waals surface area contributed by atoms with E-state index in [0.29, 0.717) is 47.3 Å². The van der Waals surface area contributed by atoms with Crippen molar-refractivity contribution in [3.63, 3.8) is 0 Å². The summed E-state index contributed by atoms with van der Waals surface area (Å²) in [5.74, 6) is -0.268. The maximum absolute atomic E-state index is 13.4. The van der Waals surface area contributed by atoms with Crippen molar-refractivity contribution in [2.75, 3.05) is 5.32 Å². The van der Waals surface area contributed by atoms with Gasteiger partial charge < -0.3 is 10.6 Å². The average molecular weight is 511 g/mol. The highest BCUT2D eigenvalue weighted by Crippen LogP contribution is 2.35. The zero-order valence-electron chi connectivity index (χ0n) is 18.6. The Bertz CT molecular complexity index is 1220. The van der Waals surface area contributed by atoms with Crippen molar-refractivity contribution in [2.45, 2.75) is 57.8 Å². The predicted molar refractivity (Wildman–Crippen MR) is 128 cm³/mol. The number of anilines is 1. The average Bonchev–Trinajstić information content (AvgIpc) is 2.74. The van der Waals surface area contributed by atoms with Gasteiger partial charge in [-0.05, 0) is 75.4 Å². The van der Waals surface area contributed by atoms with E-state index in [9.17, 15) is 18.0 Å². The van der Waals surface area contributed by atoms with E-state index in [2.05, 4.69) is 20.6 Å². The van der Waals surface area contributed by atoms with Crippen LogP contribution in [0.4, 0.5) is 18.9 Å². The maximum atomic E-state index is 13.4. The molecule has 0 atom stereocenters. The van der Waals surface area contributed by atoms with Crippen molar-refractivity contribution in [3.05, 3.63) is 63.0 Å². The van der Waals surface area contributed by atoms with Gasteiger partial charge in [-0.25, -0.2) is 9.97 Å². The molecule has 10 heteroatoms. The van der Waals surface area contributed by atoms with Crippen molar-refractivity contribution < 1.29 is 18.0 Å². The van der Waals surface area contributed by atoms with Crippen molar-refractivity contribution in [3.8, 4) is 0 Å². The molecule has 1 aliphatic carbocycles. The van der Waals surface area contributed by atoms with Crippen molar-refractivity contribution >= 4 is 45.7 Å². The van der Waals surface area contributed by atoms with Gasteiger partial charge in [-0.1, -0.05) is 23.2 Å². The van der Waals surface area contributed by atoms with Crippen LogP contribution in [0.2, 0.25) is 10.2 Å². The molecule has 0 bridgehead atoms. The van der Waals surface area contributed by atoms with Crippen LogP contribution in [0.25, 0.3) is 10.9 Å². The Kier molecular flexibility index (Phi) is 6.92. The predicted octanol–water partition coefficient (Wildman–Crippen LogP) is 6.73. The smallest absolute Gasteiger partial charge is 0.382 e. The highest BCUT2D eigenvalue weighted by molar-refractivity contribution is 6.33. The summed E-state index contributed by atoms with van der Waals surface area (Å²) in [5.41, 5.74) is 1.48. The normalized spacial score (nSPS) is 18.7. The molecule has 180 valence electrons. The Balaban J connectivity index is 1.45. The summed E-state index contributed by atoms with van der Waals surface area (Å²) in [7, 11) is 0. The van der Waals surface area contributed by atoms with Gasteiger partial charge in [0, 0.05) is 33.9 Å². The Morgan fingerprint density at radius 3 is 2.32 bits per heavy atom. The summed E-state index contributed by atoms with van der Waals surface area (Å²) in [6.07, 6.45) is -1.86. The van der Waals surface area contributed by atoms with E-state index >= 15 is 0 Å². The molecular formula is C24H23Cl2F3N4O. The number of alkyl halides is 3. The zero-order valence-corrected chi connectivity index (χ0v) is 20.1. The van der Waals surface area contributed by atoms with E-state index < -0.39 is 11.9 Å². The van der Waals surface area contributed by atoms with Crippen LogP contribution >= 0.6 is 23.2 Å². The standard InChI is InChI=1S/C24H23Cl2F3N4O/c1-12-9-13(2)30-22(26)21(12)23(34)32-16-6-4-15(5-7-16)31-19-11-20(24(27,28)29)33-18-8-3-14(25)10-17(18)19/h3,8-11,15-16H,4-7H2,1-2H3,(H,31,33)(H,32,34)/t15-,16+. The van der Waals surface area contributed by atoms with Gasteiger partial charge in [0.15, 0.2) is 0 Å². The van der Waals surface area contributed by atoms with Crippen LogP contribution in [-0.4, -0.2) is 28.0 Å². The second-order valence-corrected chi connectivity index (χ2v) is 9.42. The minimum atomic E-state index is -4.56. The molecule has 0 unspecified atom stereocenters. The number of carbonyl (C=O) groups excluding carboxylic acids is 1. The number of carbonyl (C=O) groups is 1. The number of aromatic nitrogens is 2. The maximum Gasteiger partial charge on any atom is 0.433 e. The number of fused-ring (bicyclic) bond motifs is 1. The topological polar surface area (TPSA) is 66.9 Å². The lowest BCUT2D eigenvalue weighted by Gasteiger charge is -2.31. The number of nitrogens with one attached hydrogen (secondary N) is 2. The lowest BCUT2D eigenvalue weighted by atomic mass is 9.90. The SMILES string of the molecule is Cc1cc(C)c(C(=O)N[C@H]2CC[C@@H](Nc3cc(C(F)(F)F)nc4ccc(Cl)cc34)CC2)c(Cl)n1. The number of pyridine rings is 2. The van der Waals surface area contributed by atoms with Crippen LogP contribution in [-0.2, 0) is 6.18 Å². The number of rotatable bonds is 4. The van der Waals surface area contributed by atoms with E-state index in [1.54, 1.807) is 6.07 Å². The molecule has 1 amide bonds. The number of hydrogen-bond acceptors (Lipinski definition) is 4. The highest BCUT2D eigenvalue weighted by atomic mass is 35.5. The molecule has 34 heavy (non-hydrogen) atoms. The van der Waals surface area contributed by atoms with Gasteiger partial charge in [-0.15, -0.1) is 0 Å². The molecule has 0 saturated heterocycles. The first kappa shape index (κ1) is 24.5. The van der Waals surface area contributed by atoms with Gasteiger partial charge in [0.1, 0.15) is 10.8 Å². The van der Waals surface area contributed by atoms with Gasteiger partial charge in [-0.2, -0.15) is 13.2 Å². The van der Waals surface area contributed by atoms with Gasteiger partial charge in [-0.3, -0.25) is 4.79 Å². The lowest BCUT2D eigenvalue weighted by Crippen LogP contribution is -2.40. The number of hydrogen-bond donors (Lipinski definition) is 2. The summed E-state index contributed by atoms with van der Waals surface area (Å²) in [6, 6.07) is 7.34. The third-order valence-electron chi connectivity index (χ3n) is 6.01. The first-order valence-corrected chi connectivity index (χ1v) is 11.7. The number of halogens is 5. The highest BCUT2D eigenvalue weighted by Gasteiger charge is 2.34. The van der Waals surface area contributed by atoms with Crippen LogP contribution in [0.3, 0.4) is 0 Å². The van der Waals surface area contributed by atoms with E-state index in [4.69, 9.17) is 23.2 Å². The van der Waals surface area contributed by atoms with Crippen molar-refractivity contribution in [1.29, 1.82) is 0 Å². The third-order valence-corrected chi connectivity index (χ3v) is 6.52. The summed E-state index contributed by atoms with van der Waals surface area (Å²) in [4.78, 5) is 20.7. The summed E-state index contributed by atoms with van der Waals surface area (Å²) in [6.45, 7) is 3.63. The summed E-state index contributed by atoms with van der Waals surface area (Å²) < 4.78 is 40.1. The first-order chi connectivity index (χ1) is 16.0. The molecule has 3 aromatic rings. The van der Waals surface area contributed by atoms with Crippen LogP contribution in [0.1, 0.15) is 53.0 Å². The molecule has 2 aromatic heterocycles. The molecule has 0 aliphatic heterocycles. The number of benzene rings is 1. The lowest BCUT2D eigenvalue weighted by molar-refractivity contribution is -0.140. The fraction of sp³-hybridized carbons (Fsp3) is 0.375. The second-order valence-electron chi connectivity index (χ2n) is 8.63. The van der Waals surface area contributed by atoms with Gasteiger partial charge >= 0.3 is 6.18 Å². The van der Waals surface area contributed by atoms with E-state index in [0.717, 1.165) is 17.3 Å². The number of aryl methyl sites for hydroxylation is 2. The fourth-order valence-corrected chi connectivity index (χ4v) is 4.93. The Morgan fingerprint density at radius 1 is 1.00 bits per heavy atom. The molecule has 1 aliphatic rings.